The largest absolute Gasteiger partial charge is 0.497 e. The maximum atomic E-state index is 13.1. The first kappa shape index (κ1) is 18.5. The van der Waals surface area contributed by atoms with Crippen molar-refractivity contribution < 1.29 is 4.74 Å². The zero-order chi connectivity index (χ0) is 20.3. The van der Waals surface area contributed by atoms with Gasteiger partial charge in [0.05, 0.1) is 7.11 Å². The lowest BCUT2D eigenvalue weighted by Crippen LogP contribution is -2.45. The Hall–Kier alpha value is -3.86. The molecular formula is C24H20N3O2. The van der Waals surface area contributed by atoms with E-state index in [0.29, 0.717) is 0 Å². The van der Waals surface area contributed by atoms with Crippen molar-refractivity contribution >= 4 is 5.82 Å². The Labute approximate surface area is 169 Å². The summed E-state index contributed by atoms with van der Waals surface area (Å²) in [6.07, 6.45) is 1.58. The van der Waals surface area contributed by atoms with Crippen molar-refractivity contribution in [3.05, 3.63) is 124 Å². The third-order valence-corrected chi connectivity index (χ3v) is 5.02. The first-order valence-corrected chi connectivity index (χ1v) is 9.19. The van der Waals surface area contributed by atoms with Gasteiger partial charge in [-0.2, -0.15) is 4.98 Å². The standard InChI is InChI=1S/C24H20N3O2/c1-29-21-14-12-20(13-15-21)24(18-8-4-2-5-9-18,19-10-6-3-7-11-19)27-17-16-22(25)26-23(27)28/h2-15,17H,1H3,(H2,25,26,28). The predicted molar refractivity (Wildman–Crippen MR) is 113 cm³/mol. The van der Waals surface area contributed by atoms with Gasteiger partial charge in [-0.05, 0) is 28.8 Å². The van der Waals surface area contributed by atoms with Crippen molar-refractivity contribution in [1.29, 1.82) is 0 Å². The summed E-state index contributed by atoms with van der Waals surface area (Å²) in [5.41, 5.74) is 7.04. The fourth-order valence-electron chi connectivity index (χ4n) is 3.72. The van der Waals surface area contributed by atoms with Crippen molar-refractivity contribution in [2.24, 2.45) is 0 Å². The number of nitrogen functional groups attached to an aromatic ring is 1. The van der Waals surface area contributed by atoms with Gasteiger partial charge in [-0.15, -0.1) is 0 Å². The van der Waals surface area contributed by atoms with Crippen LogP contribution in [0.25, 0.3) is 0 Å². The molecule has 0 aliphatic heterocycles. The molecule has 1 heterocycles. The summed E-state index contributed by atoms with van der Waals surface area (Å²) in [6.45, 7) is 0. The van der Waals surface area contributed by atoms with E-state index in [2.05, 4.69) is 11.1 Å². The second-order valence-electron chi connectivity index (χ2n) is 6.59. The van der Waals surface area contributed by atoms with Crippen LogP contribution in [0.15, 0.2) is 95.9 Å². The van der Waals surface area contributed by atoms with Gasteiger partial charge < -0.3 is 10.5 Å². The van der Waals surface area contributed by atoms with Crippen LogP contribution < -0.4 is 16.2 Å². The van der Waals surface area contributed by atoms with Crippen LogP contribution in [0, 0.1) is 6.07 Å². The molecule has 5 nitrogen and oxygen atoms in total. The molecule has 0 amide bonds. The van der Waals surface area contributed by atoms with Crippen LogP contribution in [0.1, 0.15) is 16.7 Å². The average Bonchev–Trinajstić information content (AvgIpc) is 2.77. The molecular weight excluding hydrogens is 362 g/mol. The zero-order valence-corrected chi connectivity index (χ0v) is 15.9. The Morgan fingerprint density at radius 1 is 0.862 bits per heavy atom. The minimum atomic E-state index is -0.955. The average molecular weight is 382 g/mol. The van der Waals surface area contributed by atoms with Crippen LogP contribution in [0.5, 0.6) is 5.75 Å². The summed E-state index contributed by atoms with van der Waals surface area (Å²) in [5.74, 6) is 0.800. The van der Waals surface area contributed by atoms with Gasteiger partial charge in [-0.25, -0.2) is 4.79 Å². The highest BCUT2D eigenvalue weighted by atomic mass is 16.5. The van der Waals surface area contributed by atoms with Crippen LogP contribution in [-0.2, 0) is 5.54 Å². The maximum absolute atomic E-state index is 13.1. The Morgan fingerprint density at radius 3 is 1.86 bits per heavy atom. The normalized spacial score (nSPS) is 11.2. The maximum Gasteiger partial charge on any atom is 0.350 e. The van der Waals surface area contributed by atoms with E-state index in [4.69, 9.17) is 10.5 Å². The molecule has 0 unspecified atom stereocenters. The fraction of sp³-hybridized carbons (Fsp3) is 0.0833. The number of benzene rings is 3. The molecule has 0 saturated heterocycles. The Morgan fingerprint density at radius 2 is 1.38 bits per heavy atom. The van der Waals surface area contributed by atoms with Gasteiger partial charge >= 0.3 is 5.69 Å². The van der Waals surface area contributed by atoms with E-state index in [1.165, 1.54) is 0 Å². The van der Waals surface area contributed by atoms with E-state index >= 15 is 0 Å². The van der Waals surface area contributed by atoms with Crippen molar-refractivity contribution in [2.45, 2.75) is 5.54 Å². The molecule has 4 aromatic rings. The number of ether oxygens (including phenoxy) is 1. The van der Waals surface area contributed by atoms with Gasteiger partial charge in [0.1, 0.15) is 17.1 Å². The van der Waals surface area contributed by atoms with Gasteiger partial charge in [0.25, 0.3) is 0 Å². The van der Waals surface area contributed by atoms with Gasteiger partial charge in [0.15, 0.2) is 0 Å². The lowest BCUT2D eigenvalue weighted by atomic mass is 9.76. The number of nitrogens with two attached hydrogens (primary N) is 1. The van der Waals surface area contributed by atoms with Gasteiger partial charge in [0.2, 0.25) is 0 Å². The van der Waals surface area contributed by atoms with Crippen LogP contribution in [0.4, 0.5) is 5.82 Å². The van der Waals surface area contributed by atoms with Crippen molar-refractivity contribution in [3.8, 4) is 5.75 Å². The number of hydrogen-bond acceptors (Lipinski definition) is 4. The Bertz CT molecular complexity index is 1110. The van der Waals surface area contributed by atoms with Crippen LogP contribution in [0.2, 0.25) is 0 Å². The smallest absolute Gasteiger partial charge is 0.350 e. The summed E-state index contributed by atoms with van der Waals surface area (Å²) in [4.78, 5) is 17.0. The fourth-order valence-corrected chi connectivity index (χ4v) is 3.72. The number of nitrogens with zero attached hydrogens (tertiary/aromatic N) is 2. The molecule has 0 spiro atoms. The molecule has 1 radical (unpaired) electrons. The van der Waals surface area contributed by atoms with E-state index < -0.39 is 11.2 Å². The summed E-state index contributed by atoms with van der Waals surface area (Å²) >= 11 is 0. The SMILES string of the molecule is COc1ccc(C(c2ccccc2)(c2ccccc2)n2c[c]c(N)nc2=O)cc1. The van der Waals surface area contributed by atoms with E-state index in [-0.39, 0.29) is 5.82 Å². The molecule has 0 fully saturated rings. The van der Waals surface area contributed by atoms with Crippen molar-refractivity contribution in [3.63, 3.8) is 0 Å². The lowest BCUT2D eigenvalue weighted by Gasteiger charge is -2.37. The zero-order valence-electron chi connectivity index (χ0n) is 15.9. The number of rotatable bonds is 5. The molecule has 0 saturated carbocycles. The predicted octanol–water partition coefficient (Wildman–Crippen LogP) is 3.47. The first-order valence-electron chi connectivity index (χ1n) is 9.19. The third kappa shape index (κ3) is 3.17. The molecule has 29 heavy (non-hydrogen) atoms. The lowest BCUT2D eigenvalue weighted by molar-refractivity contribution is 0.413. The second kappa shape index (κ2) is 7.64. The van der Waals surface area contributed by atoms with E-state index in [1.54, 1.807) is 17.9 Å². The summed E-state index contributed by atoms with van der Waals surface area (Å²) < 4.78 is 6.91. The van der Waals surface area contributed by atoms with Crippen LogP contribution in [-0.4, -0.2) is 16.7 Å². The number of anilines is 1. The first-order chi connectivity index (χ1) is 14.2. The molecule has 3 aromatic carbocycles. The monoisotopic (exact) mass is 382 g/mol. The summed E-state index contributed by atoms with van der Waals surface area (Å²) in [7, 11) is 1.63. The highest BCUT2D eigenvalue weighted by Gasteiger charge is 2.39. The molecule has 0 atom stereocenters. The molecule has 0 aliphatic rings. The van der Waals surface area contributed by atoms with Gasteiger partial charge in [-0.3, -0.25) is 4.57 Å². The molecule has 0 aliphatic carbocycles. The quantitative estimate of drug-likeness (QED) is 0.537. The van der Waals surface area contributed by atoms with Gasteiger partial charge in [0, 0.05) is 12.3 Å². The second-order valence-corrected chi connectivity index (χ2v) is 6.59. The van der Waals surface area contributed by atoms with Crippen molar-refractivity contribution in [1.82, 2.24) is 9.55 Å². The number of aromatic nitrogens is 2. The topological polar surface area (TPSA) is 70.1 Å². The van der Waals surface area contributed by atoms with E-state index in [1.807, 2.05) is 84.9 Å². The van der Waals surface area contributed by atoms with Crippen LogP contribution in [0.3, 0.4) is 0 Å². The van der Waals surface area contributed by atoms with E-state index in [0.717, 1.165) is 22.4 Å². The molecule has 2 N–H and O–H groups in total. The summed E-state index contributed by atoms with van der Waals surface area (Å²) in [6, 6.07) is 30.3. The summed E-state index contributed by atoms with van der Waals surface area (Å²) in [5, 5.41) is 0. The molecule has 4 rings (SSSR count). The van der Waals surface area contributed by atoms with Crippen molar-refractivity contribution in [2.75, 3.05) is 12.8 Å². The molecule has 143 valence electrons. The number of methoxy groups -OCH3 is 1. The molecule has 1 aromatic heterocycles. The molecule has 0 bridgehead atoms. The Balaban J connectivity index is 2.15. The minimum absolute atomic E-state index is 0.0657. The van der Waals surface area contributed by atoms with E-state index in [9.17, 15) is 4.79 Å². The van der Waals surface area contributed by atoms with Gasteiger partial charge in [-0.1, -0.05) is 72.8 Å². The third-order valence-electron chi connectivity index (χ3n) is 5.02. The minimum Gasteiger partial charge on any atom is -0.497 e. The highest BCUT2D eigenvalue weighted by molar-refractivity contribution is 5.51. The van der Waals surface area contributed by atoms with Crippen LogP contribution >= 0.6 is 0 Å². The Kier molecular flexibility index (Phi) is 4.87. The number of hydrogen-bond donors (Lipinski definition) is 1. The molecule has 5 heteroatoms. The highest BCUT2D eigenvalue weighted by Crippen LogP contribution is 2.40.